The molecule has 0 aromatic rings. The molecule has 0 amide bonds. The molecular weight excluding hydrogens is 260 g/mol. The van der Waals surface area contributed by atoms with Crippen molar-refractivity contribution in [3.05, 3.63) is 0 Å². The summed E-state index contributed by atoms with van der Waals surface area (Å²) < 4.78 is 0. The van der Waals surface area contributed by atoms with Crippen LogP contribution in [0.2, 0.25) is 0 Å². The second-order valence-corrected chi connectivity index (χ2v) is 7.68. The summed E-state index contributed by atoms with van der Waals surface area (Å²) in [5, 5.41) is 13.4. The molecule has 2 aliphatic carbocycles. The van der Waals surface area contributed by atoms with Crippen LogP contribution in [0, 0.1) is 23.2 Å². The number of nitrogens with one attached hydrogen (secondary N) is 1. The number of hydrogen-bond acceptors (Lipinski definition) is 4. The number of hydrogen-bond donors (Lipinski definition) is 1. The van der Waals surface area contributed by atoms with Crippen LogP contribution in [0.25, 0.3) is 0 Å². The first-order valence-electron chi connectivity index (χ1n) is 8.75. The Morgan fingerprint density at radius 3 is 2.19 bits per heavy atom. The zero-order chi connectivity index (χ0) is 14.9. The second-order valence-electron chi connectivity index (χ2n) is 7.68. The highest BCUT2D eigenvalue weighted by molar-refractivity contribution is 5.17. The van der Waals surface area contributed by atoms with Gasteiger partial charge < -0.3 is 4.90 Å². The van der Waals surface area contributed by atoms with Gasteiger partial charge in [0.25, 0.3) is 0 Å². The fourth-order valence-corrected chi connectivity index (χ4v) is 3.69. The lowest BCUT2D eigenvalue weighted by Crippen LogP contribution is -2.59. The number of rotatable bonds is 7. The van der Waals surface area contributed by atoms with Crippen molar-refractivity contribution >= 4 is 0 Å². The molecule has 1 heterocycles. The molecule has 1 saturated heterocycles. The predicted octanol–water partition coefficient (Wildman–Crippen LogP) is 1.68. The van der Waals surface area contributed by atoms with Crippen LogP contribution >= 0.6 is 0 Å². The van der Waals surface area contributed by atoms with E-state index in [0.717, 1.165) is 25.6 Å². The van der Waals surface area contributed by atoms with Crippen LogP contribution in [0.15, 0.2) is 0 Å². The van der Waals surface area contributed by atoms with E-state index in [2.05, 4.69) is 35.0 Å². The lowest BCUT2D eigenvalue weighted by Gasteiger charge is -2.40. The molecular formula is C17H30N4. The van der Waals surface area contributed by atoms with Gasteiger partial charge in [-0.05, 0) is 51.4 Å². The largest absolute Gasteiger partial charge is 0.301 e. The monoisotopic (exact) mass is 290 g/mol. The van der Waals surface area contributed by atoms with E-state index >= 15 is 0 Å². The van der Waals surface area contributed by atoms with Gasteiger partial charge in [0.15, 0.2) is 0 Å². The first-order valence-corrected chi connectivity index (χ1v) is 8.75. The first-order chi connectivity index (χ1) is 10.1. The van der Waals surface area contributed by atoms with Gasteiger partial charge in [-0.2, -0.15) is 5.26 Å². The molecule has 2 saturated carbocycles. The van der Waals surface area contributed by atoms with Gasteiger partial charge in [0.05, 0.1) is 6.07 Å². The maximum atomic E-state index is 9.80. The van der Waals surface area contributed by atoms with Gasteiger partial charge in [-0.15, -0.1) is 0 Å². The van der Waals surface area contributed by atoms with Gasteiger partial charge in [-0.3, -0.25) is 10.2 Å². The summed E-state index contributed by atoms with van der Waals surface area (Å²) in [5.74, 6) is 1.55. The third kappa shape index (κ3) is 3.97. The molecule has 118 valence electrons. The van der Waals surface area contributed by atoms with E-state index in [1.807, 2.05) is 0 Å². The van der Waals surface area contributed by atoms with Crippen LogP contribution in [0.5, 0.6) is 0 Å². The average Bonchev–Trinajstić information content (AvgIpc) is 3.33. The van der Waals surface area contributed by atoms with E-state index < -0.39 is 0 Å². The van der Waals surface area contributed by atoms with Gasteiger partial charge in [0.1, 0.15) is 5.54 Å². The number of nitriles is 1. The van der Waals surface area contributed by atoms with Crippen molar-refractivity contribution in [2.45, 2.75) is 51.1 Å². The highest BCUT2D eigenvalue weighted by Crippen LogP contribution is 2.40. The third-order valence-electron chi connectivity index (χ3n) is 5.17. The Kier molecular flexibility index (Phi) is 4.54. The topological polar surface area (TPSA) is 42.3 Å². The summed E-state index contributed by atoms with van der Waals surface area (Å²) in [5.41, 5.74) is -0.313. The van der Waals surface area contributed by atoms with Gasteiger partial charge in [0.2, 0.25) is 0 Å². The number of piperazine rings is 1. The summed E-state index contributed by atoms with van der Waals surface area (Å²) in [6, 6.07) is 3.02. The Bertz CT molecular complexity index is 386. The lowest BCUT2D eigenvalue weighted by atomic mass is 9.92. The molecule has 4 heteroatoms. The molecule has 0 aromatic carbocycles. The molecule has 1 atom stereocenters. The highest BCUT2D eigenvalue weighted by atomic mass is 15.3. The Labute approximate surface area is 129 Å². The third-order valence-corrected chi connectivity index (χ3v) is 5.17. The molecule has 1 N–H and O–H groups in total. The maximum absolute atomic E-state index is 9.80. The lowest BCUT2D eigenvalue weighted by molar-refractivity contribution is 0.102. The number of nitrogens with zero attached hydrogens (tertiary/aromatic N) is 3. The Balaban J connectivity index is 1.52. The van der Waals surface area contributed by atoms with Gasteiger partial charge >= 0.3 is 0 Å². The summed E-state index contributed by atoms with van der Waals surface area (Å²) >= 11 is 0. The molecule has 3 fully saturated rings. The summed E-state index contributed by atoms with van der Waals surface area (Å²) in [6.45, 7) is 11.2. The summed E-state index contributed by atoms with van der Waals surface area (Å²) in [4.78, 5) is 5.13. The highest BCUT2D eigenvalue weighted by Gasteiger charge is 2.47. The van der Waals surface area contributed by atoms with Crippen molar-refractivity contribution in [2.75, 3.05) is 39.3 Å². The minimum Gasteiger partial charge on any atom is -0.301 e. The minimum atomic E-state index is -0.313. The zero-order valence-corrected chi connectivity index (χ0v) is 13.6. The van der Waals surface area contributed by atoms with Crippen molar-refractivity contribution in [3.63, 3.8) is 0 Å². The smallest absolute Gasteiger partial charge is 0.122 e. The SMILES string of the molecule is CC(C)NC(C#N)(CN1CCN(CC2CC2)CC1)C1CC1. The Hall–Kier alpha value is -0.630. The quantitative estimate of drug-likeness (QED) is 0.775. The van der Waals surface area contributed by atoms with Crippen molar-refractivity contribution in [3.8, 4) is 6.07 Å². The first kappa shape index (κ1) is 15.3. The van der Waals surface area contributed by atoms with E-state index in [4.69, 9.17) is 0 Å². The van der Waals surface area contributed by atoms with Gasteiger partial charge in [0, 0.05) is 45.3 Å². The van der Waals surface area contributed by atoms with Crippen LogP contribution in [0.4, 0.5) is 0 Å². The van der Waals surface area contributed by atoms with Crippen LogP contribution in [-0.2, 0) is 0 Å². The Morgan fingerprint density at radius 1 is 1.10 bits per heavy atom. The fraction of sp³-hybridized carbons (Fsp3) is 0.941. The molecule has 3 rings (SSSR count). The zero-order valence-electron chi connectivity index (χ0n) is 13.6. The predicted molar refractivity (Wildman–Crippen MR) is 84.9 cm³/mol. The molecule has 1 aliphatic heterocycles. The van der Waals surface area contributed by atoms with Crippen LogP contribution < -0.4 is 5.32 Å². The van der Waals surface area contributed by atoms with Crippen LogP contribution in [0.3, 0.4) is 0 Å². The fourth-order valence-electron chi connectivity index (χ4n) is 3.69. The van der Waals surface area contributed by atoms with Crippen LogP contribution in [-0.4, -0.2) is 60.6 Å². The second kappa shape index (κ2) is 6.24. The van der Waals surface area contributed by atoms with Crippen molar-refractivity contribution in [2.24, 2.45) is 11.8 Å². The Morgan fingerprint density at radius 2 is 1.71 bits per heavy atom. The van der Waals surface area contributed by atoms with E-state index in [-0.39, 0.29) is 5.54 Å². The van der Waals surface area contributed by atoms with Crippen LogP contribution in [0.1, 0.15) is 39.5 Å². The molecule has 0 aromatic heterocycles. The summed E-state index contributed by atoms with van der Waals surface area (Å²) in [7, 11) is 0. The molecule has 4 nitrogen and oxygen atoms in total. The van der Waals surface area contributed by atoms with Crippen molar-refractivity contribution < 1.29 is 0 Å². The molecule has 0 bridgehead atoms. The van der Waals surface area contributed by atoms with Crippen molar-refractivity contribution in [1.82, 2.24) is 15.1 Å². The van der Waals surface area contributed by atoms with Gasteiger partial charge in [-0.25, -0.2) is 0 Å². The molecule has 1 unspecified atom stereocenters. The van der Waals surface area contributed by atoms with E-state index in [1.165, 1.54) is 45.3 Å². The van der Waals surface area contributed by atoms with E-state index in [1.54, 1.807) is 0 Å². The van der Waals surface area contributed by atoms with Crippen molar-refractivity contribution in [1.29, 1.82) is 5.26 Å². The van der Waals surface area contributed by atoms with E-state index in [0.29, 0.717) is 12.0 Å². The normalized spacial score (nSPS) is 27.5. The molecule has 0 radical (unpaired) electrons. The standard InChI is InChI=1S/C17H30N4/c1-14(2)19-17(12-18,16-5-6-16)13-21-9-7-20(8-10-21)11-15-3-4-15/h14-16,19H,3-11,13H2,1-2H3. The summed E-state index contributed by atoms with van der Waals surface area (Å²) in [6.07, 6.45) is 5.32. The minimum absolute atomic E-state index is 0.313. The van der Waals surface area contributed by atoms with Gasteiger partial charge in [-0.1, -0.05) is 0 Å². The van der Waals surface area contributed by atoms with E-state index in [9.17, 15) is 5.26 Å². The molecule has 0 spiro atoms. The molecule has 21 heavy (non-hydrogen) atoms. The maximum Gasteiger partial charge on any atom is 0.122 e. The molecule has 3 aliphatic rings. The average molecular weight is 290 g/mol.